The Balaban J connectivity index is 1.30. The van der Waals surface area contributed by atoms with E-state index < -0.39 is 0 Å². The number of carbonyl (C=O) groups excluding carboxylic acids is 1. The number of benzene rings is 1. The largest absolute Gasteiger partial charge is 0.331 e. The van der Waals surface area contributed by atoms with Crippen LogP contribution >= 0.6 is 0 Å². The van der Waals surface area contributed by atoms with Gasteiger partial charge in [0.25, 0.3) is 0 Å². The van der Waals surface area contributed by atoms with Gasteiger partial charge < -0.3 is 14.8 Å². The van der Waals surface area contributed by atoms with Crippen molar-refractivity contribution in [2.24, 2.45) is 0 Å². The predicted octanol–water partition coefficient (Wildman–Crippen LogP) is 2.09. The van der Waals surface area contributed by atoms with Crippen LogP contribution in [-0.2, 0) is 26.1 Å². The van der Waals surface area contributed by atoms with Crippen molar-refractivity contribution < 1.29 is 4.79 Å². The molecule has 146 valence electrons. The summed E-state index contributed by atoms with van der Waals surface area (Å²) < 4.78 is 3.88. The number of hydrogen-bond donors (Lipinski definition) is 1. The topological polar surface area (TPSA) is 80.9 Å². The third kappa shape index (κ3) is 4.39. The van der Waals surface area contributed by atoms with Gasteiger partial charge in [-0.25, -0.2) is 4.79 Å². The first-order valence-corrected chi connectivity index (χ1v) is 9.72. The molecule has 1 atom stereocenters. The van der Waals surface area contributed by atoms with Crippen molar-refractivity contribution in [2.75, 3.05) is 6.54 Å². The lowest BCUT2D eigenvalue weighted by Crippen LogP contribution is -2.44. The average Bonchev–Trinajstić information content (AvgIpc) is 3.48. The minimum absolute atomic E-state index is 0.0488. The summed E-state index contributed by atoms with van der Waals surface area (Å²) in [5.74, 6) is 0.770. The highest BCUT2D eigenvalue weighted by atomic mass is 16.2. The molecule has 1 N–H and O–H groups in total. The molecule has 1 unspecified atom stereocenters. The third-order valence-corrected chi connectivity index (χ3v) is 5.17. The number of aryl methyl sites for hydroxylation is 2. The van der Waals surface area contributed by atoms with E-state index in [1.165, 1.54) is 5.56 Å². The second kappa shape index (κ2) is 8.69. The number of urea groups is 1. The first-order chi connectivity index (χ1) is 13.8. The molecule has 1 saturated heterocycles. The lowest BCUT2D eigenvalue weighted by Gasteiger charge is -2.25. The number of amides is 2. The Labute approximate surface area is 164 Å². The molecule has 0 spiro atoms. The summed E-state index contributed by atoms with van der Waals surface area (Å²) >= 11 is 0. The minimum atomic E-state index is -0.0488. The normalized spacial score (nSPS) is 16.4. The van der Waals surface area contributed by atoms with Crippen molar-refractivity contribution in [3.8, 4) is 0 Å². The lowest BCUT2D eigenvalue weighted by atomic mass is 10.1. The molecule has 0 saturated carbocycles. The van der Waals surface area contributed by atoms with Gasteiger partial charge in [-0.3, -0.25) is 4.68 Å². The monoisotopic (exact) mass is 379 g/mol. The van der Waals surface area contributed by atoms with Crippen molar-refractivity contribution in [3.05, 3.63) is 66.5 Å². The van der Waals surface area contributed by atoms with E-state index >= 15 is 0 Å². The van der Waals surface area contributed by atoms with Crippen molar-refractivity contribution in [1.29, 1.82) is 0 Å². The number of rotatable bonds is 7. The van der Waals surface area contributed by atoms with Crippen molar-refractivity contribution in [1.82, 2.24) is 34.8 Å². The molecule has 1 fully saturated rings. The van der Waals surface area contributed by atoms with Gasteiger partial charge in [-0.2, -0.15) is 5.10 Å². The van der Waals surface area contributed by atoms with Crippen LogP contribution in [0.2, 0.25) is 0 Å². The van der Waals surface area contributed by atoms with Crippen LogP contribution in [0.3, 0.4) is 0 Å². The number of hydrogen-bond acceptors (Lipinski definition) is 4. The van der Waals surface area contributed by atoms with Gasteiger partial charge in [-0.1, -0.05) is 30.3 Å². The molecule has 8 nitrogen and oxygen atoms in total. The fourth-order valence-electron chi connectivity index (χ4n) is 3.67. The third-order valence-electron chi connectivity index (χ3n) is 5.17. The molecule has 1 aromatic carbocycles. The van der Waals surface area contributed by atoms with Gasteiger partial charge in [0.15, 0.2) is 5.82 Å². The Bertz CT molecular complexity index is 875. The maximum atomic E-state index is 12.7. The molecule has 3 heterocycles. The molecule has 3 aromatic rings. The average molecular weight is 379 g/mol. The van der Waals surface area contributed by atoms with Gasteiger partial charge >= 0.3 is 6.03 Å². The number of nitrogens with one attached hydrogen (secondary N) is 1. The molecule has 28 heavy (non-hydrogen) atoms. The molecule has 0 bridgehead atoms. The SMILES string of the molecule is O=C(NCc1nncn1CCc1ccccc1)N1CCCC1Cn1cccn1. The molecular formula is C20H25N7O. The molecule has 1 aliphatic rings. The first kappa shape index (κ1) is 18.2. The zero-order valence-corrected chi connectivity index (χ0v) is 15.8. The van der Waals surface area contributed by atoms with Crippen LogP contribution in [0.4, 0.5) is 4.79 Å². The predicted molar refractivity (Wildman–Crippen MR) is 104 cm³/mol. The van der Waals surface area contributed by atoms with Gasteiger partial charge in [0, 0.05) is 25.5 Å². The molecule has 1 aliphatic heterocycles. The highest BCUT2D eigenvalue weighted by Crippen LogP contribution is 2.18. The summed E-state index contributed by atoms with van der Waals surface area (Å²) in [5.41, 5.74) is 1.27. The second-order valence-corrected chi connectivity index (χ2v) is 7.05. The minimum Gasteiger partial charge on any atom is -0.331 e. The van der Waals surface area contributed by atoms with Crippen LogP contribution in [0.25, 0.3) is 0 Å². The van der Waals surface area contributed by atoms with Gasteiger partial charge in [-0.15, -0.1) is 10.2 Å². The van der Waals surface area contributed by atoms with Crippen LogP contribution in [0.1, 0.15) is 24.2 Å². The Kier molecular flexibility index (Phi) is 5.65. The Morgan fingerprint density at radius 2 is 2.11 bits per heavy atom. The quantitative estimate of drug-likeness (QED) is 0.682. The van der Waals surface area contributed by atoms with E-state index in [2.05, 4.69) is 32.7 Å². The van der Waals surface area contributed by atoms with Crippen LogP contribution in [0.15, 0.2) is 55.1 Å². The van der Waals surface area contributed by atoms with Crippen LogP contribution in [-0.4, -0.2) is 48.1 Å². The number of aromatic nitrogens is 5. The van der Waals surface area contributed by atoms with Crippen LogP contribution < -0.4 is 5.32 Å². The second-order valence-electron chi connectivity index (χ2n) is 7.05. The fraction of sp³-hybridized carbons (Fsp3) is 0.400. The summed E-state index contributed by atoms with van der Waals surface area (Å²) in [5, 5.41) is 15.4. The molecule has 2 amide bonds. The number of likely N-dealkylation sites (tertiary alicyclic amines) is 1. The standard InChI is InChI=1S/C20H25N7O/c28-20(27-12-4-8-18(27)15-26-11-5-10-23-26)21-14-19-24-22-16-25(19)13-9-17-6-2-1-3-7-17/h1-3,5-7,10-11,16,18H,4,8-9,12-15H2,(H,21,28). The Morgan fingerprint density at radius 1 is 1.21 bits per heavy atom. The van der Waals surface area contributed by atoms with Crippen molar-refractivity contribution in [2.45, 2.75) is 44.9 Å². The van der Waals surface area contributed by atoms with E-state index in [1.54, 1.807) is 12.5 Å². The van der Waals surface area contributed by atoms with Gasteiger partial charge in [0.05, 0.1) is 19.1 Å². The Morgan fingerprint density at radius 3 is 2.93 bits per heavy atom. The fourth-order valence-corrected chi connectivity index (χ4v) is 3.67. The van der Waals surface area contributed by atoms with Gasteiger partial charge in [0.1, 0.15) is 6.33 Å². The van der Waals surface area contributed by atoms with E-state index in [9.17, 15) is 4.79 Å². The van der Waals surface area contributed by atoms with E-state index in [0.717, 1.165) is 44.7 Å². The molecule has 4 rings (SSSR count). The highest BCUT2D eigenvalue weighted by molar-refractivity contribution is 5.74. The smallest absolute Gasteiger partial charge is 0.318 e. The van der Waals surface area contributed by atoms with E-state index in [0.29, 0.717) is 6.54 Å². The zero-order chi connectivity index (χ0) is 19.2. The van der Waals surface area contributed by atoms with Crippen LogP contribution in [0, 0.1) is 0 Å². The summed E-state index contributed by atoms with van der Waals surface area (Å²) in [6.07, 6.45) is 8.34. The molecule has 8 heteroatoms. The van der Waals surface area contributed by atoms with Gasteiger partial charge in [-0.05, 0) is 30.9 Å². The molecule has 0 aliphatic carbocycles. The summed E-state index contributed by atoms with van der Waals surface area (Å²) in [4.78, 5) is 14.6. The molecule has 2 aromatic heterocycles. The number of nitrogens with zero attached hydrogens (tertiary/aromatic N) is 6. The van der Waals surface area contributed by atoms with E-state index in [4.69, 9.17) is 0 Å². The maximum absolute atomic E-state index is 12.7. The first-order valence-electron chi connectivity index (χ1n) is 9.72. The lowest BCUT2D eigenvalue weighted by molar-refractivity contribution is 0.185. The van der Waals surface area contributed by atoms with Crippen LogP contribution in [0.5, 0.6) is 0 Å². The van der Waals surface area contributed by atoms with E-state index in [1.807, 2.05) is 44.6 Å². The Hall–Kier alpha value is -3.16. The van der Waals surface area contributed by atoms with E-state index in [-0.39, 0.29) is 12.1 Å². The summed E-state index contributed by atoms with van der Waals surface area (Å²) in [6, 6.07) is 12.3. The molecule has 0 radical (unpaired) electrons. The molecular weight excluding hydrogens is 354 g/mol. The highest BCUT2D eigenvalue weighted by Gasteiger charge is 2.29. The summed E-state index contributed by atoms with van der Waals surface area (Å²) in [6.45, 7) is 2.67. The van der Waals surface area contributed by atoms with Gasteiger partial charge in [0.2, 0.25) is 0 Å². The summed E-state index contributed by atoms with van der Waals surface area (Å²) in [7, 11) is 0. The van der Waals surface area contributed by atoms with Crippen molar-refractivity contribution >= 4 is 6.03 Å². The zero-order valence-electron chi connectivity index (χ0n) is 15.8. The maximum Gasteiger partial charge on any atom is 0.318 e. The van der Waals surface area contributed by atoms with Crippen molar-refractivity contribution in [3.63, 3.8) is 0 Å². The number of carbonyl (C=O) groups is 1.